The van der Waals surface area contributed by atoms with Crippen LogP contribution in [-0.2, 0) is 6.54 Å². The summed E-state index contributed by atoms with van der Waals surface area (Å²) >= 11 is 0. The summed E-state index contributed by atoms with van der Waals surface area (Å²) in [5, 5.41) is 0. The van der Waals surface area contributed by atoms with Gasteiger partial charge in [-0.3, -0.25) is 0 Å². The Morgan fingerprint density at radius 3 is 1.93 bits per heavy atom. The van der Waals surface area contributed by atoms with Crippen LogP contribution >= 0.6 is 0 Å². The molecule has 3 heteroatoms. The molecule has 0 N–H and O–H groups in total. The summed E-state index contributed by atoms with van der Waals surface area (Å²) < 4.78 is 10.6. The molecule has 0 aliphatic heterocycles. The van der Waals surface area contributed by atoms with E-state index in [2.05, 4.69) is 4.90 Å². The molecule has 0 aliphatic rings. The van der Waals surface area contributed by atoms with Gasteiger partial charge in [-0.25, -0.2) is 0 Å². The van der Waals surface area contributed by atoms with Gasteiger partial charge >= 0.3 is 0 Å². The van der Waals surface area contributed by atoms with Gasteiger partial charge in [-0.05, 0) is 26.2 Å². The van der Waals surface area contributed by atoms with E-state index >= 15 is 0 Å². The molecule has 0 fully saturated rings. The van der Waals surface area contributed by atoms with Crippen molar-refractivity contribution in [1.82, 2.24) is 4.90 Å². The van der Waals surface area contributed by atoms with E-state index in [9.17, 15) is 0 Å². The zero-order valence-corrected chi connectivity index (χ0v) is 9.20. The Morgan fingerprint density at radius 2 is 1.57 bits per heavy atom. The van der Waals surface area contributed by atoms with Gasteiger partial charge < -0.3 is 14.4 Å². The highest BCUT2D eigenvalue weighted by Crippen LogP contribution is 2.28. The maximum absolute atomic E-state index is 5.28. The highest BCUT2D eigenvalue weighted by atomic mass is 16.5. The van der Waals surface area contributed by atoms with Crippen LogP contribution in [0, 0.1) is 0 Å². The van der Waals surface area contributed by atoms with E-state index in [0.29, 0.717) is 0 Å². The lowest BCUT2D eigenvalue weighted by molar-refractivity contribution is 0.348. The fourth-order valence-electron chi connectivity index (χ4n) is 1.40. The number of ether oxygens (including phenoxy) is 2. The van der Waals surface area contributed by atoms with Crippen LogP contribution in [0.3, 0.4) is 0 Å². The average molecular weight is 195 g/mol. The van der Waals surface area contributed by atoms with Crippen LogP contribution in [-0.4, -0.2) is 33.2 Å². The normalized spacial score (nSPS) is 10.4. The third-order valence-corrected chi connectivity index (χ3v) is 2.00. The van der Waals surface area contributed by atoms with Gasteiger partial charge in [0.15, 0.2) is 0 Å². The van der Waals surface area contributed by atoms with Crippen LogP contribution in [0.2, 0.25) is 0 Å². The number of rotatable bonds is 4. The first-order valence-corrected chi connectivity index (χ1v) is 4.53. The van der Waals surface area contributed by atoms with Crippen LogP contribution in [0.4, 0.5) is 0 Å². The summed E-state index contributed by atoms with van der Waals surface area (Å²) in [7, 11) is 7.39. The first-order valence-electron chi connectivity index (χ1n) is 4.53. The van der Waals surface area contributed by atoms with Crippen molar-refractivity contribution in [3.63, 3.8) is 0 Å². The van der Waals surface area contributed by atoms with Gasteiger partial charge in [-0.2, -0.15) is 0 Å². The van der Waals surface area contributed by atoms with Gasteiger partial charge in [0.05, 0.1) is 19.8 Å². The molecule has 0 atom stereocenters. The van der Waals surface area contributed by atoms with E-state index in [0.717, 1.165) is 23.6 Å². The van der Waals surface area contributed by atoms with E-state index in [1.165, 1.54) is 0 Å². The Labute approximate surface area is 85.2 Å². The molecule has 0 saturated heterocycles. The van der Waals surface area contributed by atoms with Crippen molar-refractivity contribution in [2.24, 2.45) is 0 Å². The lowest BCUT2D eigenvalue weighted by Crippen LogP contribution is -2.12. The van der Waals surface area contributed by atoms with E-state index in [1.54, 1.807) is 14.2 Å². The van der Waals surface area contributed by atoms with Crippen LogP contribution in [0.1, 0.15) is 5.56 Å². The van der Waals surface area contributed by atoms with Crippen molar-refractivity contribution >= 4 is 0 Å². The first-order chi connectivity index (χ1) is 6.69. The zero-order valence-electron chi connectivity index (χ0n) is 9.20. The van der Waals surface area contributed by atoms with E-state index in [-0.39, 0.29) is 0 Å². The van der Waals surface area contributed by atoms with Gasteiger partial charge in [0.1, 0.15) is 11.5 Å². The van der Waals surface area contributed by atoms with Crippen molar-refractivity contribution < 1.29 is 9.47 Å². The summed E-state index contributed by atoms with van der Waals surface area (Å²) in [4.78, 5) is 2.08. The number of hydrogen-bond acceptors (Lipinski definition) is 3. The Bertz CT molecular complexity index is 275. The third kappa shape index (κ3) is 2.39. The van der Waals surface area contributed by atoms with E-state index < -0.39 is 0 Å². The van der Waals surface area contributed by atoms with E-state index in [4.69, 9.17) is 9.47 Å². The quantitative estimate of drug-likeness (QED) is 0.730. The summed E-state index contributed by atoms with van der Waals surface area (Å²) in [5.41, 5.74) is 1.09. The minimum Gasteiger partial charge on any atom is -0.496 e. The van der Waals surface area contributed by atoms with Crippen molar-refractivity contribution in [2.45, 2.75) is 6.54 Å². The molecule has 0 unspecified atom stereocenters. The summed E-state index contributed by atoms with van der Waals surface area (Å²) in [6, 6.07) is 5.82. The second-order valence-corrected chi connectivity index (χ2v) is 3.38. The predicted molar refractivity (Wildman–Crippen MR) is 56.9 cm³/mol. The second-order valence-electron chi connectivity index (χ2n) is 3.38. The molecule has 1 aromatic carbocycles. The third-order valence-electron chi connectivity index (χ3n) is 2.00. The highest BCUT2D eigenvalue weighted by Gasteiger charge is 2.09. The van der Waals surface area contributed by atoms with Gasteiger partial charge in [0.2, 0.25) is 0 Å². The van der Waals surface area contributed by atoms with Gasteiger partial charge in [-0.1, -0.05) is 6.07 Å². The van der Waals surface area contributed by atoms with E-state index in [1.807, 2.05) is 32.3 Å². The molecule has 0 heterocycles. The van der Waals surface area contributed by atoms with Gasteiger partial charge in [0.25, 0.3) is 0 Å². The van der Waals surface area contributed by atoms with Crippen LogP contribution in [0.25, 0.3) is 0 Å². The fraction of sp³-hybridized carbons (Fsp3) is 0.455. The molecule has 0 saturated carbocycles. The summed E-state index contributed by atoms with van der Waals surface area (Å²) in [6.45, 7) is 0.813. The molecule has 0 aromatic heterocycles. The second kappa shape index (κ2) is 4.86. The Morgan fingerprint density at radius 1 is 1.07 bits per heavy atom. The smallest absolute Gasteiger partial charge is 0.127 e. The van der Waals surface area contributed by atoms with Gasteiger partial charge in [0, 0.05) is 6.54 Å². The van der Waals surface area contributed by atoms with Crippen molar-refractivity contribution in [1.29, 1.82) is 0 Å². The van der Waals surface area contributed by atoms with Crippen LogP contribution in [0.5, 0.6) is 11.5 Å². The SMILES string of the molecule is COc1cccc(OC)c1CN(C)C. The van der Waals surface area contributed by atoms with Crippen LogP contribution in [0.15, 0.2) is 18.2 Å². The number of nitrogens with zero attached hydrogens (tertiary/aromatic N) is 1. The minimum absolute atomic E-state index is 0.813. The average Bonchev–Trinajstić information content (AvgIpc) is 2.17. The lowest BCUT2D eigenvalue weighted by Gasteiger charge is -2.16. The lowest BCUT2D eigenvalue weighted by atomic mass is 10.1. The standard InChI is InChI=1S/C11H17NO2/c1-12(2)8-9-10(13-3)6-5-7-11(9)14-4/h5-7H,8H2,1-4H3. The Balaban J connectivity index is 3.05. The number of methoxy groups -OCH3 is 2. The molecule has 3 nitrogen and oxygen atoms in total. The molecule has 0 spiro atoms. The molecule has 0 radical (unpaired) electrons. The molecule has 14 heavy (non-hydrogen) atoms. The molecule has 0 aliphatic carbocycles. The van der Waals surface area contributed by atoms with Crippen molar-refractivity contribution in [3.05, 3.63) is 23.8 Å². The largest absolute Gasteiger partial charge is 0.496 e. The summed E-state index contributed by atoms with van der Waals surface area (Å²) in [6.07, 6.45) is 0. The van der Waals surface area contributed by atoms with Crippen LogP contribution < -0.4 is 9.47 Å². The molecule has 78 valence electrons. The maximum atomic E-state index is 5.28. The highest BCUT2D eigenvalue weighted by molar-refractivity contribution is 5.44. The number of benzene rings is 1. The monoisotopic (exact) mass is 195 g/mol. The Hall–Kier alpha value is -1.22. The molecular formula is C11H17NO2. The minimum atomic E-state index is 0.813. The molecule has 1 rings (SSSR count). The van der Waals surface area contributed by atoms with Crippen molar-refractivity contribution in [3.8, 4) is 11.5 Å². The molecule has 1 aromatic rings. The first kappa shape index (κ1) is 10.9. The Kier molecular flexibility index (Phi) is 3.77. The number of hydrogen-bond donors (Lipinski definition) is 0. The fourth-order valence-corrected chi connectivity index (χ4v) is 1.40. The zero-order chi connectivity index (χ0) is 10.6. The van der Waals surface area contributed by atoms with Crippen molar-refractivity contribution in [2.75, 3.05) is 28.3 Å². The topological polar surface area (TPSA) is 21.7 Å². The summed E-state index contributed by atoms with van der Waals surface area (Å²) in [5.74, 6) is 1.75. The maximum Gasteiger partial charge on any atom is 0.127 e. The molecular weight excluding hydrogens is 178 g/mol. The molecule has 0 bridgehead atoms. The van der Waals surface area contributed by atoms with Gasteiger partial charge in [-0.15, -0.1) is 0 Å². The predicted octanol–water partition coefficient (Wildman–Crippen LogP) is 1.77. The molecule has 0 amide bonds.